The van der Waals surface area contributed by atoms with Gasteiger partial charge in [-0.25, -0.2) is 17.5 Å². The minimum atomic E-state index is -3.63. The van der Waals surface area contributed by atoms with Gasteiger partial charge >= 0.3 is 5.97 Å². The lowest BCUT2D eigenvalue weighted by atomic mass is 10.2. The number of para-hydroxylation sites is 1. The van der Waals surface area contributed by atoms with E-state index in [0.717, 1.165) is 9.82 Å². The fourth-order valence-electron chi connectivity index (χ4n) is 2.71. The Kier molecular flexibility index (Phi) is 5.71. The monoisotopic (exact) mass is 415 g/mol. The minimum absolute atomic E-state index is 0.0451. The summed E-state index contributed by atoms with van der Waals surface area (Å²) in [5, 5.41) is 3.27. The van der Waals surface area contributed by atoms with Crippen molar-refractivity contribution in [3.8, 4) is 0 Å². The van der Waals surface area contributed by atoms with Gasteiger partial charge in [0.15, 0.2) is 6.10 Å². The number of hydrogen-bond acceptors (Lipinski definition) is 5. The Hall–Kier alpha value is -3.17. The predicted octanol–water partition coefficient (Wildman–Crippen LogP) is 2.60. The van der Waals surface area contributed by atoms with Crippen molar-refractivity contribution in [3.05, 3.63) is 60.3 Å². The van der Waals surface area contributed by atoms with Gasteiger partial charge in [0.1, 0.15) is 0 Å². The standard InChI is InChI=1S/C20H21N3O5S/c1-13(28-20(25)17-12-21-18-10-5-4-9-16(17)18)19(24)22-14-7-6-8-15(11-14)29(26,27)23(2)3/h4-13,21H,1-3H3,(H,22,24). The number of nitrogens with one attached hydrogen (secondary N) is 2. The number of benzene rings is 2. The van der Waals surface area contributed by atoms with Crippen LogP contribution < -0.4 is 5.32 Å². The van der Waals surface area contributed by atoms with E-state index in [1.807, 2.05) is 12.1 Å². The number of H-pyrrole nitrogens is 1. The second-order valence-corrected chi connectivity index (χ2v) is 8.75. The highest BCUT2D eigenvalue weighted by molar-refractivity contribution is 7.89. The smallest absolute Gasteiger partial charge is 0.341 e. The van der Waals surface area contributed by atoms with Gasteiger partial charge in [0, 0.05) is 36.9 Å². The molecule has 0 aliphatic carbocycles. The molecular formula is C20H21N3O5S. The molecule has 29 heavy (non-hydrogen) atoms. The van der Waals surface area contributed by atoms with Crippen molar-refractivity contribution < 1.29 is 22.7 Å². The molecular weight excluding hydrogens is 394 g/mol. The van der Waals surface area contributed by atoms with Gasteiger partial charge in [0.05, 0.1) is 10.5 Å². The van der Waals surface area contributed by atoms with Crippen LogP contribution in [0.1, 0.15) is 17.3 Å². The number of esters is 1. The Morgan fingerprint density at radius 1 is 1.10 bits per heavy atom. The zero-order valence-electron chi connectivity index (χ0n) is 16.2. The number of sulfonamides is 1. The molecule has 1 heterocycles. The van der Waals surface area contributed by atoms with E-state index in [9.17, 15) is 18.0 Å². The van der Waals surface area contributed by atoms with Crippen LogP contribution in [-0.4, -0.2) is 49.8 Å². The molecule has 0 aliphatic rings. The van der Waals surface area contributed by atoms with Gasteiger partial charge in [-0.3, -0.25) is 4.79 Å². The largest absolute Gasteiger partial charge is 0.449 e. The number of amides is 1. The first-order valence-corrected chi connectivity index (χ1v) is 10.2. The Morgan fingerprint density at radius 3 is 2.55 bits per heavy atom. The molecule has 1 aromatic heterocycles. The van der Waals surface area contributed by atoms with Crippen molar-refractivity contribution in [2.75, 3.05) is 19.4 Å². The summed E-state index contributed by atoms with van der Waals surface area (Å²) in [7, 11) is -0.785. The number of aromatic nitrogens is 1. The fraction of sp³-hybridized carbons (Fsp3) is 0.200. The fourth-order valence-corrected chi connectivity index (χ4v) is 3.66. The number of rotatable bonds is 6. The molecule has 1 unspecified atom stereocenters. The van der Waals surface area contributed by atoms with Crippen LogP contribution in [0.3, 0.4) is 0 Å². The molecule has 2 aromatic carbocycles. The number of fused-ring (bicyclic) bond motifs is 1. The van der Waals surface area contributed by atoms with Gasteiger partial charge in [0.25, 0.3) is 5.91 Å². The van der Waals surface area contributed by atoms with E-state index < -0.39 is 28.0 Å². The lowest BCUT2D eigenvalue weighted by Crippen LogP contribution is -2.30. The molecule has 2 N–H and O–H groups in total. The maximum Gasteiger partial charge on any atom is 0.341 e. The summed E-state index contributed by atoms with van der Waals surface area (Å²) in [5.74, 6) is -1.20. The summed E-state index contributed by atoms with van der Waals surface area (Å²) in [6, 6.07) is 13.1. The number of aromatic amines is 1. The van der Waals surface area contributed by atoms with Crippen LogP contribution in [0.25, 0.3) is 10.9 Å². The van der Waals surface area contributed by atoms with E-state index >= 15 is 0 Å². The lowest BCUT2D eigenvalue weighted by molar-refractivity contribution is -0.123. The number of nitrogens with zero attached hydrogens (tertiary/aromatic N) is 1. The normalized spacial score (nSPS) is 12.7. The molecule has 0 fully saturated rings. The van der Waals surface area contributed by atoms with Crippen LogP contribution in [0.5, 0.6) is 0 Å². The summed E-state index contributed by atoms with van der Waals surface area (Å²) in [6.07, 6.45) is 0.456. The molecule has 0 spiro atoms. The number of carbonyl (C=O) groups is 2. The molecule has 0 aliphatic heterocycles. The van der Waals surface area contributed by atoms with E-state index in [1.54, 1.807) is 18.2 Å². The van der Waals surface area contributed by atoms with Gasteiger partial charge in [0.2, 0.25) is 10.0 Å². The molecule has 152 valence electrons. The highest BCUT2D eigenvalue weighted by Gasteiger charge is 2.22. The third kappa shape index (κ3) is 4.30. The van der Waals surface area contributed by atoms with Crippen molar-refractivity contribution >= 4 is 38.5 Å². The van der Waals surface area contributed by atoms with E-state index in [2.05, 4.69) is 10.3 Å². The van der Waals surface area contributed by atoms with Gasteiger partial charge in [-0.15, -0.1) is 0 Å². The zero-order valence-corrected chi connectivity index (χ0v) is 17.0. The molecule has 0 bridgehead atoms. The van der Waals surface area contributed by atoms with Gasteiger partial charge < -0.3 is 15.0 Å². The SMILES string of the molecule is CC(OC(=O)c1c[nH]c2ccccc12)C(=O)Nc1cccc(S(=O)(=O)N(C)C)c1. The molecule has 1 atom stereocenters. The Labute approximate surface area is 168 Å². The van der Waals surface area contributed by atoms with Gasteiger partial charge in [-0.05, 0) is 31.2 Å². The van der Waals surface area contributed by atoms with Crippen molar-refractivity contribution in [2.24, 2.45) is 0 Å². The maximum atomic E-state index is 12.4. The first-order chi connectivity index (χ1) is 13.7. The van der Waals surface area contributed by atoms with Crippen LogP contribution in [0.15, 0.2) is 59.6 Å². The first kappa shape index (κ1) is 20.6. The molecule has 0 saturated carbocycles. The average Bonchev–Trinajstić information content (AvgIpc) is 3.12. The number of carbonyl (C=O) groups excluding carboxylic acids is 2. The highest BCUT2D eigenvalue weighted by atomic mass is 32.2. The van der Waals surface area contributed by atoms with Crippen molar-refractivity contribution in [1.29, 1.82) is 0 Å². The van der Waals surface area contributed by atoms with Crippen LogP contribution in [0, 0.1) is 0 Å². The van der Waals surface area contributed by atoms with E-state index in [1.165, 1.54) is 45.4 Å². The third-order valence-corrected chi connectivity index (χ3v) is 6.15. The molecule has 8 nitrogen and oxygen atoms in total. The summed E-state index contributed by atoms with van der Waals surface area (Å²) >= 11 is 0. The Morgan fingerprint density at radius 2 is 1.83 bits per heavy atom. The van der Waals surface area contributed by atoms with Crippen molar-refractivity contribution in [1.82, 2.24) is 9.29 Å². The molecule has 0 saturated heterocycles. The van der Waals surface area contributed by atoms with E-state index in [4.69, 9.17) is 4.74 Å². The Bertz CT molecular complexity index is 1170. The number of hydrogen-bond donors (Lipinski definition) is 2. The predicted molar refractivity (Wildman–Crippen MR) is 109 cm³/mol. The first-order valence-electron chi connectivity index (χ1n) is 8.80. The second kappa shape index (κ2) is 8.06. The zero-order chi connectivity index (χ0) is 21.2. The summed E-state index contributed by atoms with van der Waals surface area (Å²) in [5.41, 5.74) is 1.41. The molecule has 0 radical (unpaired) electrons. The molecule has 3 aromatic rings. The van der Waals surface area contributed by atoms with E-state index in [0.29, 0.717) is 10.9 Å². The van der Waals surface area contributed by atoms with Crippen molar-refractivity contribution in [3.63, 3.8) is 0 Å². The highest BCUT2D eigenvalue weighted by Crippen LogP contribution is 2.20. The quantitative estimate of drug-likeness (QED) is 0.602. The van der Waals surface area contributed by atoms with Crippen molar-refractivity contribution in [2.45, 2.75) is 17.9 Å². The molecule has 1 amide bonds. The average molecular weight is 415 g/mol. The summed E-state index contributed by atoms with van der Waals surface area (Å²) in [6.45, 7) is 1.45. The van der Waals surface area contributed by atoms with Crippen LogP contribution in [0.4, 0.5) is 5.69 Å². The molecule has 3 rings (SSSR count). The van der Waals surface area contributed by atoms with Gasteiger partial charge in [-0.1, -0.05) is 24.3 Å². The lowest BCUT2D eigenvalue weighted by Gasteiger charge is -2.15. The van der Waals surface area contributed by atoms with E-state index in [-0.39, 0.29) is 10.6 Å². The number of anilines is 1. The third-order valence-electron chi connectivity index (χ3n) is 4.34. The van der Waals surface area contributed by atoms with Crippen LogP contribution in [-0.2, 0) is 19.6 Å². The summed E-state index contributed by atoms with van der Waals surface area (Å²) in [4.78, 5) is 27.9. The number of ether oxygens (including phenoxy) is 1. The topological polar surface area (TPSA) is 109 Å². The Balaban J connectivity index is 1.70. The second-order valence-electron chi connectivity index (χ2n) is 6.60. The van der Waals surface area contributed by atoms with Crippen LogP contribution >= 0.6 is 0 Å². The maximum absolute atomic E-state index is 12.4. The summed E-state index contributed by atoms with van der Waals surface area (Å²) < 4.78 is 30.8. The molecule has 9 heteroatoms. The van der Waals surface area contributed by atoms with Gasteiger partial charge in [-0.2, -0.15) is 0 Å². The minimum Gasteiger partial charge on any atom is -0.449 e. The van der Waals surface area contributed by atoms with Crippen LogP contribution in [0.2, 0.25) is 0 Å².